The minimum Gasteiger partial charge on any atom is -0.217 e. The zero-order valence-corrected chi connectivity index (χ0v) is 16.6. The maximum absolute atomic E-state index is 10.2. The van der Waals surface area contributed by atoms with E-state index in [9.17, 15) is 5.21 Å². The van der Waals surface area contributed by atoms with Crippen LogP contribution >= 0.6 is 0 Å². The Labute approximate surface area is 147 Å². The summed E-state index contributed by atoms with van der Waals surface area (Å²) >= 11 is 0. The summed E-state index contributed by atoms with van der Waals surface area (Å²) in [6.45, 7) is 9.06. The van der Waals surface area contributed by atoms with E-state index >= 15 is 0 Å². The summed E-state index contributed by atoms with van der Waals surface area (Å²) in [5.41, 5.74) is 0. The molecule has 0 heterocycles. The molecule has 0 unspecified atom stereocenters. The topological polar surface area (TPSA) is 20.2 Å². The lowest BCUT2D eigenvalue weighted by Crippen LogP contribution is -2.44. The summed E-state index contributed by atoms with van der Waals surface area (Å²) in [4.78, 5) is 0. The maximum atomic E-state index is 10.2. The number of hydrogen-bond acceptors (Lipinski definition) is 1. The quantitative estimate of drug-likeness (QED) is 0.161. The number of quaternary nitrogens is 1. The van der Waals surface area contributed by atoms with Gasteiger partial charge in [0.1, 0.15) is 19.6 Å². The minimum absolute atomic E-state index is 0.262. The summed E-state index contributed by atoms with van der Waals surface area (Å²) in [6, 6.07) is 0. The minimum atomic E-state index is 0.262. The molecule has 140 valence electrons. The molecule has 0 aliphatic heterocycles. The molecule has 0 amide bonds. The lowest BCUT2D eigenvalue weighted by Gasteiger charge is -2.27. The summed E-state index contributed by atoms with van der Waals surface area (Å²) in [7, 11) is 0. The Morgan fingerprint density at radius 3 is 1.09 bits per heavy atom. The predicted molar refractivity (Wildman–Crippen MR) is 103 cm³/mol. The fraction of sp³-hybridized carbons (Fsp3) is 1.00. The van der Waals surface area contributed by atoms with Crippen molar-refractivity contribution in [1.29, 1.82) is 0 Å². The van der Waals surface area contributed by atoms with Crippen molar-refractivity contribution in [3.05, 3.63) is 0 Å². The average Bonchev–Trinajstić information content (AvgIpc) is 2.58. The van der Waals surface area contributed by atoms with Gasteiger partial charge in [-0.15, -0.1) is 0 Å². The normalized spacial score (nSPS) is 12.0. The van der Waals surface area contributed by atoms with Crippen LogP contribution < -0.4 is 0 Å². The van der Waals surface area contributed by atoms with E-state index < -0.39 is 0 Å². The molecule has 0 aromatic carbocycles. The molecule has 0 aromatic heterocycles. The van der Waals surface area contributed by atoms with Crippen LogP contribution in [0.25, 0.3) is 0 Å². The fourth-order valence-electron chi connectivity index (χ4n) is 3.32. The zero-order chi connectivity index (χ0) is 17.2. The molecule has 23 heavy (non-hydrogen) atoms. The molecule has 0 rings (SSSR count). The van der Waals surface area contributed by atoms with Crippen molar-refractivity contribution in [2.45, 2.75) is 117 Å². The molecule has 1 N–H and O–H groups in total. The molecule has 0 saturated heterocycles. The standard InChI is InChI=1S/C21H46NO/c1-4-7-8-9-10-11-12-13-14-15-16-17-18-19-20-21-22(23,5-2)6-3/h23H,4-21H2,1-3H3/q+1. The summed E-state index contributed by atoms with van der Waals surface area (Å²) in [6.07, 6.45) is 21.0. The van der Waals surface area contributed by atoms with Crippen molar-refractivity contribution in [3.63, 3.8) is 0 Å². The number of unbranched alkanes of at least 4 members (excludes halogenated alkanes) is 14. The SMILES string of the molecule is CCCCCCCCCCCCCCCCC[N+](O)(CC)CC. The Hall–Kier alpha value is -0.0800. The van der Waals surface area contributed by atoms with Crippen molar-refractivity contribution in [2.24, 2.45) is 0 Å². The van der Waals surface area contributed by atoms with Gasteiger partial charge in [-0.2, -0.15) is 4.65 Å². The molecule has 0 radical (unpaired) electrons. The number of hydroxylamine groups is 3. The first kappa shape index (κ1) is 22.9. The first-order valence-electron chi connectivity index (χ1n) is 10.8. The Bertz CT molecular complexity index is 226. The van der Waals surface area contributed by atoms with Gasteiger partial charge >= 0.3 is 0 Å². The molecule has 0 spiro atoms. The van der Waals surface area contributed by atoms with Gasteiger partial charge in [-0.1, -0.05) is 90.4 Å². The molecule has 0 bridgehead atoms. The second-order valence-electron chi connectivity index (χ2n) is 7.40. The number of rotatable bonds is 18. The monoisotopic (exact) mass is 328 g/mol. The van der Waals surface area contributed by atoms with Crippen molar-refractivity contribution < 1.29 is 9.85 Å². The first-order valence-corrected chi connectivity index (χ1v) is 10.8. The third-order valence-corrected chi connectivity index (χ3v) is 5.36. The summed E-state index contributed by atoms with van der Waals surface area (Å²) < 4.78 is 0.262. The number of nitrogens with zero attached hydrogens (tertiary/aromatic N) is 1. The predicted octanol–water partition coefficient (Wildman–Crippen LogP) is 7.10. The summed E-state index contributed by atoms with van der Waals surface area (Å²) in [5, 5.41) is 10.2. The average molecular weight is 329 g/mol. The maximum Gasteiger partial charge on any atom is 0.109 e. The molecule has 2 nitrogen and oxygen atoms in total. The third-order valence-electron chi connectivity index (χ3n) is 5.36. The van der Waals surface area contributed by atoms with Crippen LogP contribution in [0, 0.1) is 0 Å². The van der Waals surface area contributed by atoms with Gasteiger partial charge in [0.25, 0.3) is 0 Å². The Balaban J connectivity index is 3.14. The molecule has 0 fully saturated rings. The fourth-order valence-corrected chi connectivity index (χ4v) is 3.32. The van der Waals surface area contributed by atoms with Gasteiger partial charge in [0.05, 0.1) is 0 Å². The highest BCUT2D eigenvalue weighted by Gasteiger charge is 2.18. The highest BCUT2D eigenvalue weighted by Crippen LogP contribution is 2.14. The molecule has 0 aromatic rings. The second kappa shape index (κ2) is 16.8. The van der Waals surface area contributed by atoms with Gasteiger partial charge in [0.2, 0.25) is 0 Å². The lowest BCUT2D eigenvalue weighted by molar-refractivity contribution is -1.10. The lowest BCUT2D eigenvalue weighted by atomic mass is 10.0. The van der Waals surface area contributed by atoms with Crippen LogP contribution in [0.3, 0.4) is 0 Å². The van der Waals surface area contributed by atoms with E-state index in [1.165, 1.54) is 96.3 Å². The van der Waals surface area contributed by atoms with Gasteiger partial charge in [-0.05, 0) is 26.7 Å². The van der Waals surface area contributed by atoms with E-state index in [2.05, 4.69) is 20.8 Å². The van der Waals surface area contributed by atoms with E-state index in [1.807, 2.05) is 0 Å². The molecule has 0 atom stereocenters. The Morgan fingerprint density at radius 1 is 0.478 bits per heavy atom. The van der Waals surface area contributed by atoms with E-state index in [0.717, 1.165) is 19.6 Å². The highest BCUT2D eigenvalue weighted by molar-refractivity contribution is 4.49. The Morgan fingerprint density at radius 2 is 0.783 bits per heavy atom. The third kappa shape index (κ3) is 15.2. The molecule has 2 heteroatoms. The molecule has 0 aliphatic carbocycles. The molecular weight excluding hydrogens is 282 g/mol. The molecular formula is C21H46NO+. The van der Waals surface area contributed by atoms with Gasteiger partial charge < -0.3 is 0 Å². The van der Waals surface area contributed by atoms with Crippen LogP contribution in [0.5, 0.6) is 0 Å². The van der Waals surface area contributed by atoms with Crippen LogP contribution in [0.15, 0.2) is 0 Å². The van der Waals surface area contributed by atoms with Crippen molar-refractivity contribution >= 4 is 0 Å². The van der Waals surface area contributed by atoms with E-state index in [-0.39, 0.29) is 4.65 Å². The van der Waals surface area contributed by atoms with Crippen molar-refractivity contribution in [1.82, 2.24) is 0 Å². The van der Waals surface area contributed by atoms with Gasteiger partial charge in [-0.25, -0.2) is 5.21 Å². The van der Waals surface area contributed by atoms with E-state index in [0.29, 0.717) is 0 Å². The van der Waals surface area contributed by atoms with Gasteiger partial charge in [0.15, 0.2) is 0 Å². The van der Waals surface area contributed by atoms with E-state index in [1.54, 1.807) is 0 Å². The van der Waals surface area contributed by atoms with E-state index in [4.69, 9.17) is 0 Å². The van der Waals surface area contributed by atoms with Crippen molar-refractivity contribution in [2.75, 3.05) is 19.6 Å². The number of hydrogen-bond donors (Lipinski definition) is 1. The van der Waals surface area contributed by atoms with Crippen LogP contribution in [0.1, 0.15) is 117 Å². The zero-order valence-electron chi connectivity index (χ0n) is 16.6. The highest BCUT2D eigenvalue weighted by atomic mass is 16.5. The first-order chi connectivity index (χ1) is 11.2. The van der Waals surface area contributed by atoms with Crippen molar-refractivity contribution in [3.8, 4) is 0 Å². The van der Waals surface area contributed by atoms with Gasteiger partial charge in [0, 0.05) is 0 Å². The molecule has 0 saturated carbocycles. The largest absolute Gasteiger partial charge is 0.217 e. The molecule has 0 aliphatic rings. The summed E-state index contributed by atoms with van der Waals surface area (Å²) in [5.74, 6) is 0. The Kier molecular flexibility index (Phi) is 16.7. The van der Waals surface area contributed by atoms with Gasteiger partial charge in [-0.3, -0.25) is 0 Å². The second-order valence-corrected chi connectivity index (χ2v) is 7.40. The van der Waals surface area contributed by atoms with Crippen LogP contribution in [-0.2, 0) is 0 Å². The smallest absolute Gasteiger partial charge is 0.109 e. The van der Waals surface area contributed by atoms with Crippen LogP contribution in [0.2, 0.25) is 0 Å². The van der Waals surface area contributed by atoms with Crippen LogP contribution in [-0.4, -0.2) is 29.5 Å². The van der Waals surface area contributed by atoms with Crippen LogP contribution in [0.4, 0.5) is 0 Å².